The van der Waals surface area contributed by atoms with Crippen LogP contribution in [0.4, 0.5) is 0 Å². The average molecular weight is 389 g/mol. The van der Waals surface area contributed by atoms with Gasteiger partial charge in [-0.05, 0) is 44.0 Å². The van der Waals surface area contributed by atoms with E-state index in [1.54, 1.807) is 14.1 Å². The van der Waals surface area contributed by atoms with E-state index in [4.69, 9.17) is 16.3 Å². The van der Waals surface area contributed by atoms with Crippen LogP contribution in [0, 0.1) is 0 Å². The van der Waals surface area contributed by atoms with Crippen molar-refractivity contribution >= 4 is 33.5 Å². The van der Waals surface area contributed by atoms with Gasteiger partial charge in [-0.1, -0.05) is 11.6 Å². The molecule has 0 N–H and O–H groups in total. The van der Waals surface area contributed by atoms with E-state index in [0.29, 0.717) is 17.9 Å². The number of carbonyl (C=O) groups excluding carboxylic acids is 2. The fraction of sp³-hybridized carbons (Fsp3) is 0.500. The van der Waals surface area contributed by atoms with Gasteiger partial charge in [0.25, 0.3) is 5.91 Å². The molecule has 0 radical (unpaired) electrons. The van der Waals surface area contributed by atoms with Gasteiger partial charge in [0.15, 0.2) is 6.10 Å². The molecule has 1 aromatic rings. The third kappa shape index (κ3) is 4.31. The minimum atomic E-state index is -3.84. The molecule has 9 heteroatoms. The topological polar surface area (TPSA) is 84.0 Å². The molecule has 1 aliphatic heterocycles. The molecule has 1 saturated heterocycles. The number of hydrogen-bond acceptors (Lipinski definition) is 5. The van der Waals surface area contributed by atoms with Crippen molar-refractivity contribution in [1.29, 1.82) is 0 Å². The molecular formula is C16H21ClN2O5S. The number of ether oxygens (including phenoxy) is 1. The van der Waals surface area contributed by atoms with Crippen LogP contribution in [-0.4, -0.2) is 62.3 Å². The van der Waals surface area contributed by atoms with Crippen molar-refractivity contribution in [3.8, 4) is 0 Å². The molecule has 1 heterocycles. The summed E-state index contributed by atoms with van der Waals surface area (Å²) >= 11 is 5.79. The maximum Gasteiger partial charge on any atom is 0.325 e. The molecule has 25 heavy (non-hydrogen) atoms. The number of esters is 1. The fourth-order valence-corrected chi connectivity index (χ4v) is 4.44. The SMILES string of the molecule is C[C@@H](OC(=O)[C@@H]1CCCN1S(=O)(=O)c1ccc(Cl)cc1)C(=O)N(C)C. The van der Waals surface area contributed by atoms with Gasteiger partial charge >= 0.3 is 5.97 Å². The summed E-state index contributed by atoms with van der Waals surface area (Å²) in [6.45, 7) is 1.69. The summed E-state index contributed by atoms with van der Waals surface area (Å²) in [7, 11) is -0.733. The van der Waals surface area contributed by atoms with E-state index in [0.717, 1.165) is 4.31 Å². The maximum absolute atomic E-state index is 12.8. The van der Waals surface area contributed by atoms with Crippen LogP contribution >= 0.6 is 11.6 Å². The summed E-state index contributed by atoms with van der Waals surface area (Å²) in [5, 5.41) is 0.423. The Morgan fingerprint density at radius 2 is 1.88 bits per heavy atom. The second-order valence-corrected chi connectivity index (χ2v) is 8.37. The average Bonchev–Trinajstić information content (AvgIpc) is 3.04. The summed E-state index contributed by atoms with van der Waals surface area (Å²) in [5.74, 6) is -1.07. The van der Waals surface area contributed by atoms with Gasteiger partial charge in [-0.15, -0.1) is 0 Å². The Hall–Kier alpha value is -1.64. The van der Waals surface area contributed by atoms with Crippen molar-refractivity contribution in [3.63, 3.8) is 0 Å². The van der Waals surface area contributed by atoms with E-state index < -0.39 is 28.1 Å². The van der Waals surface area contributed by atoms with E-state index in [-0.39, 0.29) is 17.3 Å². The van der Waals surface area contributed by atoms with Crippen molar-refractivity contribution in [3.05, 3.63) is 29.3 Å². The molecule has 0 bridgehead atoms. The van der Waals surface area contributed by atoms with Crippen LogP contribution in [0.5, 0.6) is 0 Å². The second-order valence-electron chi connectivity index (χ2n) is 6.04. The second kappa shape index (κ2) is 7.72. The third-order valence-corrected chi connectivity index (χ3v) is 6.15. The Morgan fingerprint density at radius 3 is 2.44 bits per heavy atom. The van der Waals surface area contributed by atoms with Gasteiger partial charge in [-0.3, -0.25) is 9.59 Å². The van der Waals surface area contributed by atoms with Crippen LogP contribution in [0.15, 0.2) is 29.2 Å². The zero-order valence-corrected chi connectivity index (χ0v) is 15.9. The van der Waals surface area contributed by atoms with E-state index in [2.05, 4.69) is 0 Å². The number of hydrogen-bond donors (Lipinski definition) is 0. The molecule has 0 saturated carbocycles. The largest absolute Gasteiger partial charge is 0.451 e. The minimum Gasteiger partial charge on any atom is -0.451 e. The Balaban J connectivity index is 2.17. The molecule has 0 unspecified atom stereocenters. The molecule has 0 aliphatic carbocycles. The Labute approximate surface area is 152 Å². The number of nitrogens with zero attached hydrogens (tertiary/aromatic N) is 2. The lowest BCUT2D eigenvalue weighted by molar-refractivity contribution is -0.160. The predicted molar refractivity (Wildman–Crippen MR) is 92.6 cm³/mol. The fourth-order valence-electron chi connectivity index (χ4n) is 2.67. The van der Waals surface area contributed by atoms with Crippen LogP contribution in [0.1, 0.15) is 19.8 Å². The standard InChI is InChI=1S/C16H21ClN2O5S/c1-11(15(20)18(2)3)24-16(21)14-5-4-10-19(14)25(22,23)13-8-6-12(17)7-9-13/h6-9,11,14H,4-5,10H2,1-3H3/t11-,14+/m1/s1. The molecule has 1 aliphatic rings. The van der Waals surface area contributed by atoms with Crippen molar-refractivity contribution in [1.82, 2.24) is 9.21 Å². The number of rotatable bonds is 5. The van der Waals surface area contributed by atoms with Crippen molar-refractivity contribution in [2.45, 2.75) is 36.8 Å². The molecule has 138 valence electrons. The first kappa shape index (κ1) is 19.7. The molecular weight excluding hydrogens is 368 g/mol. The number of likely N-dealkylation sites (N-methyl/N-ethyl adjacent to an activating group) is 1. The first-order valence-corrected chi connectivity index (χ1v) is 9.65. The van der Waals surface area contributed by atoms with Crippen LogP contribution in [0.3, 0.4) is 0 Å². The highest BCUT2D eigenvalue weighted by molar-refractivity contribution is 7.89. The Bertz CT molecular complexity index is 748. The van der Waals surface area contributed by atoms with Crippen LogP contribution in [0.2, 0.25) is 5.02 Å². The lowest BCUT2D eigenvalue weighted by Crippen LogP contribution is -2.44. The number of amides is 1. The zero-order chi connectivity index (χ0) is 18.8. The molecule has 1 amide bonds. The monoisotopic (exact) mass is 388 g/mol. The highest BCUT2D eigenvalue weighted by Crippen LogP contribution is 2.27. The number of halogens is 1. The number of carbonyl (C=O) groups is 2. The van der Waals surface area contributed by atoms with E-state index >= 15 is 0 Å². The summed E-state index contributed by atoms with van der Waals surface area (Å²) in [6, 6.07) is 4.83. The van der Waals surface area contributed by atoms with E-state index in [1.165, 1.54) is 36.1 Å². The normalized spacial score (nSPS) is 19.4. The van der Waals surface area contributed by atoms with Crippen molar-refractivity contribution < 1.29 is 22.7 Å². The van der Waals surface area contributed by atoms with E-state index in [1.807, 2.05) is 0 Å². The molecule has 7 nitrogen and oxygen atoms in total. The number of sulfonamides is 1. The summed E-state index contributed by atoms with van der Waals surface area (Å²) < 4.78 is 31.9. The molecule has 2 atom stereocenters. The highest BCUT2D eigenvalue weighted by atomic mass is 35.5. The first-order chi connectivity index (χ1) is 11.6. The van der Waals surface area contributed by atoms with Gasteiger partial charge < -0.3 is 9.64 Å². The van der Waals surface area contributed by atoms with Gasteiger partial charge in [0.2, 0.25) is 10.0 Å². The van der Waals surface area contributed by atoms with Crippen LogP contribution in [0.25, 0.3) is 0 Å². The lowest BCUT2D eigenvalue weighted by Gasteiger charge is -2.24. The molecule has 1 fully saturated rings. The Morgan fingerprint density at radius 1 is 1.28 bits per heavy atom. The summed E-state index contributed by atoms with van der Waals surface area (Å²) in [4.78, 5) is 25.6. The van der Waals surface area contributed by atoms with Crippen LogP contribution < -0.4 is 0 Å². The van der Waals surface area contributed by atoms with Crippen molar-refractivity contribution in [2.75, 3.05) is 20.6 Å². The van der Waals surface area contributed by atoms with Gasteiger partial charge in [0, 0.05) is 25.7 Å². The maximum atomic E-state index is 12.8. The minimum absolute atomic E-state index is 0.0639. The molecule has 0 spiro atoms. The third-order valence-electron chi connectivity index (χ3n) is 3.98. The Kier molecular flexibility index (Phi) is 6.08. The first-order valence-electron chi connectivity index (χ1n) is 7.83. The van der Waals surface area contributed by atoms with Crippen molar-refractivity contribution in [2.24, 2.45) is 0 Å². The van der Waals surface area contributed by atoms with Gasteiger partial charge in [0.1, 0.15) is 6.04 Å². The zero-order valence-electron chi connectivity index (χ0n) is 14.3. The predicted octanol–water partition coefficient (Wildman–Crippen LogP) is 1.51. The quantitative estimate of drug-likeness (QED) is 0.714. The summed E-state index contributed by atoms with van der Waals surface area (Å²) in [6.07, 6.45) is -0.0693. The smallest absolute Gasteiger partial charge is 0.325 e. The molecule has 2 rings (SSSR count). The van der Waals surface area contributed by atoms with Crippen LogP contribution in [-0.2, 0) is 24.3 Å². The molecule has 0 aromatic heterocycles. The van der Waals surface area contributed by atoms with Gasteiger partial charge in [-0.2, -0.15) is 4.31 Å². The van der Waals surface area contributed by atoms with Gasteiger partial charge in [-0.25, -0.2) is 8.42 Å². The molecule has 1 aromatic carbocycles. The van der Waals surface area contributed by atoms with E-state index in [9.17, 15) is 18.0 Å². The summed E-state index contributed by atoms with van der Waals surface area (Å²) in [5.41, 5.74) is 0. The highest BCUT2D eigenvalue weighted by Gasteiger charge is 2.41. The van der Waals surface area contributed by atoms with Gasteiger partial charge in [0.05, 0.1) is 4.90 Å². The number of benzene rings is 1. The lowest BCUT2D eigenvalue weighted by atomic mass is 10.2.